The maximum absolute atomic E-state index is 12.7. The summed E-state index contributed by atoms with van der Waals surface area (Å²) in [4.78, 5) is 12.8. The van der Waals surface area contributed by atoms with Gasteiger partial charge in [0, 0.05) is 5.69 Å². The predicted octanol–water partition coefficient (Wildman–Crippen LogP) is 3.71. The van der Waals surface area contributed by atoms with E-state index in [1.807, 2.05) is 18.2 Å². The van der Waals surface area contributed by atoms with Gasteiger partial charge < -0.3 is 14.8 Å². The first kappa shape index (κ1) is 21.0. The second-order valence-corrected chi connectivity index (χ2v) is 8.91. The van der Waals surface area contributed by atoms with E-state index in [0.717, 1.165) is 0 Å². The lowest BCUT2D eigenvalue weighted by Gasteiger charge is -2.26. The molecule has 31 heavy (non-hydrogen) atoms. The van der Waals surface area contributed by atoms with E-state index in [9.17, 15) is 13.2 Å². The summed E-state index contributed by atoms with van der Waals surface area (Å²) in [7, 11) is -3.79. The van der Waals surface area contributed by atoms with E-state index >= 15 is 0 Å². The summed E-state index contributed by atoms with van der Waals surface area (Å²) in [6.07, 6.45) is -0.364. The number of anilines is 1. The Labute approximate surface area is 185 Å². The van der Waals surface area contributed by atoms with E-state index in [1.54, 1.807) is 24.3 Å². The number of carbonyl (C=O) groups is 1. The van der Waals surface area contributed by atoms with E-state index in [2.05, 4.69) is 10.0 Å². The zero-order valence-electron chi connectivity index (χ0n) is 16.2. The lowest BCUT2D eigenvalue weighted by Crippen LogP contribution is -2.40. The summed E-state index contributed by atoms with van der Waals surface area (Å²) in [5, 5.41) is 2.96. The molecule has 0 fully saturated rings. The fourth-order valence-corrected chi connectivity index (χ4v) is 4.32. The molecule has 0 saturated carbocycles. The van der Waals surface area contributed by atoms with Crippen LogP contribution < -0.4 is 19.5 Å². The van der Waals surface area contributed by atoms with Crippen LogP contribution in [0.4, 0.5) is 5.69 Å². The molecule has 0 saturated heterocycles. The molecule has 2 N–H and O–H groups in total. The average molecular weight is 459 g/mol. The van der Waals surface area contributed by atoms with Gasteiger partial charge in [-0.05, 0) is 42.5 Å². The number of para-hydroxylation sites is 2. The molecular weight excluding hydrogens is 440 g/mol. The van der Waals surface area contributed by atoms with Crippen molar-refractivity contribution in [3.63, 3.8) is 0 Å². The van der Waals surface area contributed by atoms with Crippen LogP contribution in [0, 0.1) is 0 Å². The Morgan fingerprint density at radius 2 is 1.71 bits per heavy atom. The minimum absolute atomic E-state index is 0.116. The van der Waals surface area contributed by atoms with Crippen molar-refractivity contribution in [2.45, 2.75) is 11.0 Å². The van der Waals surface area contributed by atoms with Crippen molar-refractivity contribution in [1.29, 1.82) is 0 Å². The molecule has 0 radical (unpaired) electrons. The normalized spacial score (nSPS) is 15.2. The number of amides is 1. The van der Waals surface area contributed by atoms with Crippen LogP contribution in [0.25, 0.3) is 0 Å². The van der Waals surface area contributed by atoms with Crippen LogP contribution in [0.5, 0.6) is 11.5 Å². The van der Waals surface area contributed by atoms with E-state index in [1.165, 1.54) is 30.3 Å². The number of rotatable bonds is 6. The largest absolute Gasteiger partial charge is 0.486 e. The van der Waals surface area contributed by atoms with E-state index in [-0.39, 0.29) is 33.8 Å². The maximum atomic E-state index is 12.7. The predicted molar refractivity (Wildman–Crippen MR) is 117 cm³/mol. The first-order chi connectivity index (χ1) is 14.9. The lowest BCUT2D eigenvalue weighted by molar-refractivity contribution is 0.0789. The summed E-state index contributed by atoms with van der Waals surface area (Å²) in [6.45, 7) is 0.491. The Kier molecular flexibility index (Phi) is 6.01. The van der Waals surface area contributed by atoms with Crippen LogP contribution in [0.1, 0.15) is 10.4 Å². The van der Waals surface area contributed by atoms with Gasteiger partial charge in [-0.15, -0.1) is 0 Å². The molecule has 1 atom stereocenters. The van der Waals surface area contributed by atoms with Crippen molar-refractivity contribution in [3.05, 3.63) is 83.4 Å². The molecular formula is C22H19ClN2O5S. The Hall–Kier alpha value is -3.23. The zero-order chi connectivity index (χ0) is 21.8. The third-order valence-electron chi connectivity index (χ3n) is 4.57. The van der Waals surface area contributed by atoms with Crippen molar-refractivity contribution in [1.82, 2.24) is 5.32 Å². The number of nitrogens with one attached hydrogen (secondary N) is 2. The standard InChI is InChI=1S/C22H19ClN2O5S/c23-19-11-10-15(25-31(27,28)17-6-2-1-3-7-17)12-18(19)22(26)24-13-16-14-29-20-8-4-5-9-21(20)30-16/h1-12,16,25H,13-14H2,(H,24,26). The van der Waals surface area contributed by atoms with Gasteiger partial charge in [0.15, 0.2) is 11.5 Å². The molecule has 3 aromatic carbocycles. The first-order valence-corrected chi connectivity index (χ1v) is 11.3. The quantitative estimate of drug-likeness (QED) is 0.587. The molecule has 0 aromatic heterocycles. The number of carbonyl (C=O) groups excluding carboxylic acids is 1. The van der Waals surface area contributed by atoms with E-state index < -0.39 is 15.9 Å². The molecule has 1 aliphatic rings. The molecule has 9 heteroatoms. The number of sulfonamides is 1. The molecule has 1 aliphatic heterocycles. The van der Waals surface area contributed by atoms with Gasteiger partial charge in [-0.2, -0.15) is 0 Å². The Morgan fingerprint density at radius 1 is 1.00 bits per heavy atom. The molecule has 1 amide bonds. The van der Waals surface area contributed by atoms with Crippen molar-refractivity contribution < 1.29 is 22.7 Å². The van der Waals surface area contributed by atoms with Gasteiger partial charge in [0.05, 0.1) is 22.0 Å². The molecule has 7 nitrogen and oxygen atoms in total. The first-order valence-electron chi connectivity index (χ1n) is 9.46. The highest BCUT2D eigenvalue weighted by Gasteiger charge is 2.22. The van der Waals surface area contributed by atoms with Gasteiger partial charge >= 0.3 is 0 Å². The van der Waals surface area contributed by atoms with Crippen LogP contribution in [0.3, 0.4) is 0 Å². The topological polar surface area (TPSA) is 93.7 Å². The lowest BCUT2D eigenvalue weighted by atomic mass is 10.2. The zero-order valence-corrected chi connectivity index (χ0v) is 17.8. The van der Waals surface area contributed by atoms with Gasteiger partial charge in [-0.1, -0.05) is 41.9 Å². The number of ether oxygens (including phenoxy) is 2. The molecule has 4 rings (SSSR count). The molecule has 1 unspecified atom stereocenters. The van der Waals surface area contributed by atoms with Gasteiger partial charge in [0.1, 0.15) is 12.7 Å². The Balaban J connectivity index is 1.43. The minimum Gasteiger partial charge on any atom is -0.486 e. The molecule has 0 bridgehead atoms. The SMILES string of the molecule is O=C(NCC1COc2ccccc2O1)c1cc(NS(=O)(=O)c2ccccc2)ccc1Cl. The van der Waals surface area contributed by atoms with E-state index in [0.29, 0.717) is 18.1 Å². The summed E-state index contributed by atoms with van der Waals surface area (Å²) in [5.74, 6) is 0.822. The van der Waals surface area contributed by atoms with Crippen molar-refractivity contribution >= 4 is 33.2 Å². The van der Waals surface area contributed by atoms with Crippen molar-refractivity contribution in [2.75, 3.05) is 17.9 Å². The monoisotopic (exact) mass is 458 g/mol. The summed E-state index contributed by atoms with van der Waals surface area (Å²) in [6, 6.07) is 19.6. The number of benzene rings is 3. The highest BCUT2D eigenvalue weighted by atomic mass is 35.5. The van der Waals surface area contributed by atoms with Crippen molar-refractivity contribution in [3.8, 4) is 11.5 Å². The van der Waals surface area contributed by atoms with Crippen LogP contribution in [-0.2, 0) is 10.0 Å². The molecule has 1 heterocycles. The highest BCUT2D eigenvalue weighted by molar-refractivity contribution is 7.92. The molecule has 3 aromatic rings. The smallest absolute Gasteiger partial charge is 0.261 e. The Morgan fingerprint density at radius 3 is 2.48 bits per heavy atom. The average Bonchev–Trinajstić information content (AvgIpc) is 2.79. The number of hydrogen-bond acceptors (Lipinski definition) is 5. The summed E-state index contributed by atoms with van der Waals surface area (Å²) >= 11 is 6.17. The molecule has 0 spiro atoms. The van der Waals surface area contributed by atoms with Gasteiger partial charge in [-0.3, -0.25) is 9.52 Å². The minimum atomic E-state index is -3.79. The third kappa shape index (κ3) is 4.92. The fourth-order valence-electron chi connectivity index (χ4n) is 3.04. The van der Waals surface area contributed by atoms with Crippen LogP contribution in [0.15, 0.2) is 77.7 Å². The van der Waals surface area contributed by atoms with Gasteiger partial charge in [0.2, 0.25) is 0 Å². The van der Waals surface area contributed by atoms with E-state index in [4.69, 9.17) is 21.1 Å². The summed E-state index contributed by atoms with van der Waals surface area (Å²) in [5.41, 5.74) is 0.372. The second-order valence-electron chi connectivity index (χ2n) is 6.82. The summed E-state index contributed by atoms with van der Waals surface area (Å²) < 4.78 is 39.0. The number of halogens is 1. The molecule has 160 valence electrons. The van der Waals surface area contributed by atoms with Gasteiger partial charge in [0.25, 0.3) is 15.9 Å². The highest BCUT2D eigenvalue weighted by Crippen LogP contribution is 2.30. The van der Waals surface area contributed by atoms with Crippen molar-refractivity contribution in [2.24, 2.45) is 0 Å². The van der Waals surface area contributed by atoms with Gasteiger partial charge in [-0.25, -0.2) is 8.42 Å². The Bertz CT molecular complexity index is 1200. The maximum Gasteiger partial charge on any atom is 0.261 e. The fraction of sp³-hybridized carbons (Fsp3) is 0.136. The number of fused-ring (bicyclic) bond motifs is 1. The number of hydrogen-bond donors (Lipinski definition) is 2. The van der Waals surface area contributed by atoms with Crippen LogP contribution in [0.2, 0.25) is 5.02 Å². The second kappa shape index (κ2) is 8.87. The molecule has 0 aliphatic carbocycles. The third-order valence-corrected chi connectivity index (χ3v) is 6.30. The van der Waals surface area contributed by atoms with Crippen LogP contribution >= 0.6 is 11.6 Å². The van der Waals surface area contributed by atoms with Crippen LogP contribution in [-0.4, -0.2) is 33.6 Å².